The van der Waals surface area contributed by atoms with Crippen molar-refractivity contribution in [1.82, 2.24) is 0 Å². The van der Waals surface area contributed by atoms with Crippen LogP contribution in [0.1, 0.15) is 45.4 Å². The fourth-order valence-electron chi connectivity index (χ4n) is 2.34. The molecule has 1 heterocycles. The highest BCUT2D eigenvalue weighted by Gasteiger charge is 2.42. The van der Waals surface area contributed by atoms with Crippen molar-refractivity contribution in [3.63, 3.8) is 0 Å². The van der Waals surface area contributed by atoms with E-state index in [0.29, 0.717) is 6.61 Å². The van der Waals surface area contributed by atoms with Crippen LogP contribution in [0.3, 0.4) is 0 Å². The minimum Gasteiger partial charge on any atom is -0.394 e. The van der Waals surface area contributed by atoms with Crippen molar-refractivity contribution < 1.29 is 24.8 Å². The first-order chi connectivity index (χ1) is 9.61. The van der Waals surface area contributed by atoms with Crippen LogP contribution in [-0.4, -0.2) is 59.2 Å². The first kappa shape index (κ1) is 17.8. The van der Waals surface area contributed by atoms with Crippen molar-refractivity contribution in [2.75, 3.05) is 13.2 Å². The van der Waals surface area contributed by atoms with Gasteiger partial charge in [-0.15, -0.1) is 0 Å². The first-order valence-electron chi connectivity index (χ1n) is 7.61. The summed E-state index contributed by atoms with van der Waals surface area (Å²) in [5.41, 5.74) is 5.77. The van der Waals surface area contributed by atoms with E-state index in [2.05, 4.69) is 6.92 Å². The van der Waals surface area contributed by atoms with Crippen molar-refractivity contribution in [3.05, 3.63) is 0 Å². The van der Waals surface area contributed by atoms with Crippen LogP contribution < -0.4 is 5.73 Å². The molecule has 6 nitrogen and oxygen atoms in total. The molecule has 0 spiro atoms. The van der Waals surface area contributed by atoms with Crippen molar-refractivity contribution in [2.45, 2.75) is 76.1 Å². The normalized spacial score (nSPS) is 34.4. The van der Waals surface area contributed by atoms with Crippen LogP contribution in [0, 0.1) is 0 Å². The third-order valence-corrected chi connectivity index (χ3v) is 3.71. The zero-order valence-electron chi connectivity index (χ0n) is 12.3. The molecule has 0 bridgehead atoms. The number of rotatable bonds is 9. The zero-order valence-corrected chi connectivity index (χ0v) is 12.3. The van der Waals surface area contributed by atoms with Gasteiger partial charge in [-0.3, -0.25) is 0 Å². The standard InChI is InChI=1S/C14H29NO5/c1-2-3-4-5-6-7-8-19-14-11(15)13(18)12(17)10(9-16)20-14/h10-14,16-18H,2-9,15H2,1H3/t10-,11-,12-,13-,14?/m1/s1. The molecule has 1 fully saturated rings. The van der Waals surface area contributed by atoms with Crippen LogP contribution in [-0.2, 0) is 9.47 Å². The SMILES string of the molecule is CCCCCCCCOC1O[C@H](CO)[C@@H](O)[C@H](O)[C@H]1N. The van der Waals surface area contributed by atoms with Crippen LogP contribution in [0.4, 0.5) is 0 Å². The number of hydrogen-bond acceptors (Lipinski definition) is 6. The van der Waals surface area contributed by atoms with Crippen LogP contribution >= 0.6 is 0 Å². The quantitative estimate of drug-likeness (QED) is 0.450. The summed E-state index contributed by atoms with van der Waals surface area (Å²) >= 11 is 0. The second-order valence-corrected chi connectivity index (χ2v) is 5.42. The van der Waals surface area contributed by atoms with Gasteiger partial charge in [0.25, 0.3) is 0 Å². The lowest BCUT2D eigenvalue weighted by molar-refractivity contribution is -0.265. The zero-order chi connectivity index (χ0) is 15.0. The van der Waals surface area contributed by atoms with Crippen molar-refractivity contribution >= 4 is 0 Å². The Labute approximate surface area is 120 Å². The molecule has 6 heteroatoms. The molecule has 1 unspecified atom stereocenters. The highest BCUT2D eigenvalue weighted by atomic mass is 16.7. The summed E-state index contributed by atoms with van der Waals surface area (Å²) in [5, 5.41) is 28.5. The molecule has 120 valence electrons. The number of nitrogens with two attached hydrogens (primary N) is 1. The van der Waals surface area contributed by atoms with E-state index in [4.69, 9.17) is 20.3 Å². The molecule has 20 heavy (non-hydrogen) atoms. The highest BCUT2D eigenvalue weighted by Crippen LogP contribution is 2.21. The summed E-state index contributed by atoms with van der Waals surface area (Å²) in [5.74, 6) is 0. The summed E-state index contributed by atoms with van der Waals surface area (Å²) in [7, 11) is 0. The number of ether oxygens (including phenoxy) is 2. The highest BCUT2D eigenvalue weighted by molar-refractivity contribution is 4.91. The lowest BCUT2D eigenvalue weighted by atomic mass is 9.98. The second-order valence-electron chi connectivity index (χ2n) is 5.42. The smallest absolute Gasteiger partial charge is 0.175 e. The molecular formula is C14H29NO5. The van der Waals surface area contributed by atoms with Crippen molar-refractivity contribution in [3.8, 4) is 0 Å². The van der Waals surface area contributed by atoms with Gasteiger partial charge in [-0.1, -0.05) is 39.0 Å². The number of aliphatic hydroxyl groups is 3. The van der Waals surface area contributed by atoms with Gasteiger partial charge in [-0.2, -0.15) is 0 Å². The third kappa shape index (κ3) is 5.27. The Morgan fingerprint density at radius 2 is 1.70 bits per heavy atom. The maximum atomic E-state index is 9.77. The van der Waals surface area contributed by atoms with Crippen LogP contribution in [0.25, 0.3) is 0 Å². The van der Waals surface area contributed by atoms with Gasteiger partial charge < -0.3 is 30.5 Å². The molecule has 5 atom stereocenters. The second kappa shape index (κ2) is 9.65. The molecule has 1 aliphatic heterocycles. The molecule has 0 aliphatic carbocycles. The summed E-state index contributed by atoms with van der Waals surface area (Å²) in [6.07, 6.45) is 2.99. The summed E-state index contributed by atoms with van der Waals surface area (Å²) in [4.78, 5) is 0. The van der Waals surface area contributed by atoms with E-state index in [-0.39, 0.29) is 6.61 Å². The average molecular weight is 291 g/mol. The minimum atomic E-state index is -1.18. The van der Waals surface area contributed by atoms with E-state index < -0.39 is 30.6 Å². The topological polar surface area (TPSA) is 105 Å². The van der Waals surface area contributed by atoms with E-state index in [1.807, 2.05) is 0 Å². The molecule has 1 saturated heterocycles. The van der Waals surface area contributed by atoms with E-state index in [9.17, 15) is 10.2 Å². The van der Waals surface area contributed by atoms with Crippen molar-refractivity contribution in [2.24, 2.45) is 5.73 Å². The fraction of sp³-hybridized carbons (Fsp3) is 1.00. The Hall–Kier alpha value is -0.240. The van der Waals surface area contributed by atoms with E-state index in [0.717, 1.165) is 12.8 Å². The van der Waals surface area contributed by atoms with Gasteiger partial charge in [0.2, 0.25) is 0 Å². The fourth-order valence-corrected chi connectivity index (χ4v) is 2.34. The van der Waals surface area contributed by atoms with E-state index in [1.54, 1.807) is 0 Å². The Kier molecular flexibility index (Phi) is 8.60. The third-order valence-electron chi connectivity index (χ3n) is 3.71. The van der Waals surface area contributed by atoms with Crippen molar-refractivity contribution in [1.29, 1.82) is 0 Å². The number of unbranched alkanes of at least 4 members (excludes halogenated alkanes) is 5. The summed E-state index contributed by atoms with van der Waals surface area (Å²) < 4.78 is 10.9. The minimum absolute atomic E-state index is 0.373. The largest absolute Gasteiger partial charge is 0.394 e. The lowest BCUT2D eigenvalue weighted by Crippen LogP contribution is -2.62. The van der Waals surface area contributed by atoms with Gasteiger partial charge >= 0.3 is 0 Å². The molecule has 5 N–H and O–H groups in total. The van der Waals surface area contributed by atoms with Gasteiger partial charge in [-0.25, -0.2) is 0 Å². The maximum Gasteiger partial charge on any atom is 0.175 e. The number of aliphatic hydroxyl groups excluding tert-OH is 3. The van der Waals surface area contributed by atoms with Crippen LogP contribution in [0.5, 0.6) is 0 Å². The van der Waals surface area contributed by atoms with Gasteiger partial charge in [0, 0.05) is 6.61 Å². The molecule has 1 aliphatic rings. The average Bonchev–Trinajstić information content (AvgIpc) is 2.46. The number of hydrogen-bond donors (Lipinski definition) is 4. The first-order valence-corrected chi connectivity index (χ1v) is 7.61. The summed E-state index contributed by atoms with van der Waals surface area (Å²) in [6.45, 7) is 2.31. The molecular weight excluding hydrogens is 262 g/mol. The monoisotopic (exact) mass is 291 g/mol. The molecule has 0 radical (unpaired) electrons. The van der Waals surface area contributed by atoms with Crippen LogP contribution in [0.15, 0.2) is 0 Å². The Bertz CT molecular complexity index is 252. The molecule has 0 aromatic carbocycles. The molecule has 1 rings (SSSR count). The van der Waals surface area contributed by atoms with Gasteiger partial charge in [0.05, 0.1) is 12.6 Å². The molecule has 0 amide bonds. The predicted octanol–water partition coefficient (Wildman–Crippen LogP) is 0.130. The van der Waals surface area contributed by atoms with Crippen LogP contribution in [0.2, 0.25) is 0 Å². The van der Waals surface area contributed by atoms with E-state index in [1.165, 1.54) is 25.7 Å². The Balaban J connectivity index is 2.21. The Morgan fingerprint density at radius 1 is 1.05 bits per heavy atom. The molecule has 0 saturated carbocycles. The Morgan fingerprint density at radius 3 is 2.35 bits per heavy atom. The lowest BCUT2D eigenvalue weighted by Gasteiger charge is -2.40. The summed E-state index contributed by atoms with van der Waals surface area (Å²) in [6, 6.07) is -0.798. The molecule has 0 aromatic heterocycles. The van der Waals surface area contributed by atoms with Gasteiger partial charge in [0.1, 0.15) is 18.3 Å². The molecule has 0 aromatic rings. The van der Waals surface area contributed by atoms with E-state index >= 15 is 0 Å². The van der Waals surface area contributed by atoms with Gasteiger partial charge in [-0.05, 0) is 6.42 Å². The maximum absolute atomic E-state index is 9.77. The predicted molar refractivity (Wildman–Crippen MR) is 75.1 cm³/mol. The van der Waals surface area contributed by atoms with Gasteiger partial charge in [0.15, 0.2) is 6.29 Å².